The van der Waals surface area contributed by atoms with E-state index in [2.05, 4.69) is 31.7 Å². The monoisotopic (exact) mass is 698 g/mol. The molecule has 0 aliphatic rings. The zero-order valence-electron chi connectivity index (χ0n) is 27.1. The first-order valence-corrected chi connectivity index (χ1v) is 16.3. The lowest BCUT2D eigenvalue weighted by molar-refractivity contribution is -0.121. The Labute approximate surface area is 295 Å². The number of benzene rings is 4. The predicted octanol–water partition coefficient (Wildman–Crippen LogP) is 7.83. The van der Waals surface area contributed by atoms with Crippen LogP contribution in [0.25, 0.3) is 0 Å². The zero-order chi connectivity index (χ0) is 35.2. The summed E-state index contributed by atoms with van der Waals surface area (Å²) >= 11 is 11.8. The highest BCUT2D eigenvalue weighted by molar-refractivity contribution is 6.31. The van der Waals surface area contributed by atoms with Crippen molar-refractivity contribution in [2.24, 2.45) is 10.2 Å². The van der Waals surface area contributed by atoms with Gasteiger partial charge in [0.1, 0.15) is 0 Å². The molecule has 0 saturated carbocycles. The number of nitrogens with zero attached hydrogens (tertiary/aromatic N) is 2. The number of anilines is 2. The number of halogens is 2. The predicted molar refractivity (Wildman–Crippen MR) is 195 cm³/mol. The van der Waals surface area contributed by atoms with Gasteiger partial charge in [0, 0.05) is 45.4 Å². The summed E-state index contributed by atoms with van der Waals surface area (Å²) in [6.45, 7) is 3.56. The molecular formula is C37H36Cl2N6O4. The van der Waals surface area contributed by atoms with Crippen LogP contribution in [0.4, 0.5) is 11.4 Å². The maximum absolute atomic E-state index is 12.4. The third-order valence-electron chi connectivity index (χ3n) is 7.34. The molecule has 0 aromatic heterocycles. The average molecular weight is 700 g/mol. The Bertz CT molecular complexity index is 1690. The van der Waals surface area contributed by atoms with Crippen molar-refractivity contribution in [3.05, 3.63) is 129 Å². The molecule has 4 rings (SSSR count). The van der Waals surface area contributed by atoms with Crippen LogP contribution in [0.1, 0.15) is 77.8 Å². The summed E-state index contributed by atoms with van der Waals surface area (Å²) in [5, 5.41) is 15.1. The van der Waals surface area contributed by atoms with Gasteiger partial charge in [0.05, 0.1) is 11.4 Å². The van der Waals surface area contributed by atoms with Crippen LogP contribution < -0.4 is 21.5 Å². The van der Waals surface area contributed by atoms with Crippen LogP contribution in [0.2, 0.25) is 10.0 Å². The number of carbonyl (C=O) groups is 4. The molecule has 0 saturated heterocycles. The van der Waals surface area contributed by atoms with E-state index >= 15 is 0 Å². The molecule has 0 unspecified atom stereocenters. The summed E-state index contributed by atoms with van der Waals surface area (Å²) in [5.41, 5.74) is 10.2. The molecule has 12 heteroatoms. The fourth-order valence-corrected chi connectivity index (χ4v) is 4.73. The number of nitrogens with one attached hydrogen (secondary N) is 4. The molecular weight excluding hydrogens is 663 g/mol. The topological polar surface area (TPSA) is 141 Å². The van der Waals surface area contributed by atoms with E-state index in [1.807, 2.05) is 0 Å². The van der Waals surface area contributed by atoms with Crippen LogP contribution in [0.15, 0.2) is 107 Å². The minimum atomic E-state index is -0.245. The smallest absolute Gasteiger partial charge is 0.255 e. The summed E-state index contributed by atoms with van der Waals surface area (Å²) < 4.78 is 0. The number of amides is 4. The average Bonchev–Trinajstić information content (AvgIpc) is 3.10. The molecule has 0 atom stereocenters. The van der Waals surface area contributed by atoms with Crippen molar-refractivity contribution in [2.45, 2.75) is 46.0 Å². The van der Waals surface area contributed by atoms with E-state index in [0.29, 0.717) is 63.2 Å². The number of carbonyl (C=O) groups excluding carboxylic acids is 4. The number of unbranched alkanes of at least 4 members (excludes halogenated alkanes) is 2. The molecule has 4 N–H and O–H groups in total. The van der Waals surface area contributed by atoms with Crippen LogP contribution in [0.3, 0.4) is 0 Å². The minimum absolute atomic E-state index is 0.216. The molecule has 4 aromatic rings. The van der Waals surface area contributed by atoms with Gasteiger partial charge in [-0.2, -0.15) is 10.2 Å². The van der Waals surface area contributed by atoms with Crippen molar-refractivity contribution in [3.63, 3.8) is 0 Å². The Morgan fingerprint density at radius 2 is 0.816 bits per heavy atom. The Balaban J connectivity index is 1.10. The Hall–Kier alpha value is -5.32. The summed E-state index contributed by atoms with van der Waals surface area (Å²) in [7, 11) is 0. The lowest BCUT2D eigenvalue weighted by Crippen LogP contribution is -2.19. The second-order valence-electron chi connectivity index (χ2n) is 11.1. The molecule has 0 radical (unpaired) electrons. The van der Waals surface area contributed by atoms with Gasteiger partial charge in [0.15, 0.2) is 0 Å². The highest BCUT2D eigenvalue weighted by Crippen LogP contribution is 2.16. The largest absolute Gasteiger partial charge is 0.322 e. The number of hydrogen-bond acceptors (Lipinski definition) is 6. The van der Waals surface area contributed by atoms with Crippen molar-refractivity contribution in [3.8, 4) is 0 Å². The molecule has 0 heterocycles. The second-order valence-corrected chi connectivity index (χ2v) is 12.0. The van der Waals surface area contributed by atoms with Gasteiger partial charge < -0.3 is 10.6 Å². The van der Waals surface area contributed by atoms with Gasteiger partial charge in [-0.05, 0) is 111 Å². The maximum Gasteiger partial charge on any atom is 0.255 e. The van der Waals surface area contributed by atoms with Crippen molar-refractivity contribution < 1.29 is 19.2 Å². The second kappa shape index (κ2) is 18.3. The van der Waals surface area contributed by atoms with Crippen molar-refractivity contribution >= 4 is 69.6 Å². The minimum Gasteiger partial charge on any atom is -0.322 e. The molecule has 0 fully saturated rings. The molecule has 0 aliphatic carbocycles. The fourth-order valence-electron chi connectivity index (χ4n) is 4.48. The molecule has 4 aromatic carbocycles. The third-order valence-corrected chi connectivity index (χ3v) is 7.84. The van der Waals surface area contributed by atoms with Crippen LogP contribution in [0.5, 0.6) is 0 Å². The summed E-state index contributed by atoms with van der Waals surface area (Å²) in [5.74, 6) is -0.923. The lowest BCUT2D eigenvalue weighted by atomic mass is 10.1. The van der Waals surface area contributed by atoms with E-state index in [0.717, 1.165) is 11.1 Å². The van der Waals surface area contributed by atoms with Gasteiger partial charge in [-0.15, -0.1) is 0 Å². The Morgan fingerprint density at radius 3 is 1.16 bits per heavy atom. The first-order chi connectivity index (χ1) is 23.6. The summed E-state index contributed by atoms with van der Waals surface area (Å²) in [6.07, 6.45) is 2.47. The maximum atomic E-state index is 12.4. The molecule has 252 valence electrons. The first-order valence-electron chi connectivity index (χ1n) is 15.6. The molecule has 4 amide bonds. The molecule has 49 heavy (non-hydrogen) atoms. The highest BCUT2D eigenvalue weighted by Gasteiger charge is 2.09. The Morgan fingerprint density at radius 1 is 0.490 bits per heavy atom. The summed E-state index contributed by atoms with van der Waals surface area (Å²) in [4.78, 5) is 49.3. The van der Waals surface area contributed by atoms with Gasteiger partial charge in [-0.3, -0.25) is 19.2 Å². The van der Waals surface area contributed by atoms with Gasteiger partial charge in [-0.1, -0.05) is 53.9 Å². The van der Waals surface area contributed by atoms with Gasteiger partial charge >= 0.3 is 0 Å². The number of hydrazone groups is 2. The van der Waals surface area contributed by atoms with Crippen LogP contribution >= 0.6 is 23.2 Å². The fraction of sp³-hybridized carbons (Fsp3) is 0.189. The summed E-state index contributed by atoms with van der Waals surface area (Å²) in [6, 6.07) is 27.5. The van der Waals surface area contributed by atoms with Gasteiger partial charge in [0.2, 0.25) is 11.8 Å². The van der Waals surface area contributed by atoms with Crippen molar-refractivity contribution in [2.75, 3.05) is 10.6 Å². The quantitative estimate of drug-likeness (QED) is 0.0605. The molecule has 0 bridgehead atoms. The van der Waals surface area contributed by atoms with Crippen molar-refractivity contribution in [1.29, 1.82) is 0 Å². The zero-order valence-corrected chi connectivity index (χ0v) is 28.6. The van der Waals surface area contributed by atoms with E-state index < -0.39 is 0 Å². The SMILES string of the molecule is CC(=NNC(=O)CCCCCC(=O)NN=C(C)c1ccc(NC(=O)c2ccc(Cl)cc2)cc1)c1ccc(NC(=O)c2ccc(Cl)cc2)cc1. The highest BCUT2D eigenvalue weighted by atomic mass is 35.5. The normalized spacial score (nSPS) is 11.4. The van der Waals surface area contributed by atoms with E-state index in [9.17, 15) is 19.2 Å². The van der Waals surface area contributed by atoms with E-state index in [4.69, 9.17) is 23.2 Å². The van der Waals surface area contributed by atoms with Crippen LogP contribution in [-0.2, 0) is 9.59 Å². The van der Waals surface area contributed by atoms with E-state index in [1.54, 1.807) is 111 Å². The standard InChI is InChI=1S/C37H36Cl2N6O4/c1-24(26-12-20-32(21-13-26)40-36(48)28-8-16-30(38)17-9-28)42-44-34(46)6-4-3-5-7-35(47)45-43-25(2)27-14-22-33(23-15-27)41-37(49)29-10-18-31(39)19-11-29/h8-23H,3-7H2,1-2H3,(H,40,48)(H,41,49)(H,44,46)(H,45,47). The van der Waals surface area contributed by atoms with E-state index in [-0.39, 0.29) is 36.5 Å². The van der Waals surface area contributed by atoms with Crippen LogP contribution in [-0.4, -0.2) is 35.1 Å². The Kier molecular flexibility index (Phi) is 13.6. The van der Waals surface area contributed by atoms with Crippen molar-refractivity contribution in [1.82, 2.24) is 10.9 Å². The third kappa shape index (κ3) is 12.0. The van der Waals surface area contributed by atoms with Crippen LogP contribution in [0, 0.1) is 0 Å². The molecule has 0 aliphatic heterocycles. The number of rotatable bonds is 14. The molecule has 0 spiro atoms. The lowest BCUT2D eigenvalue weighted by Gasteiger charge is -2.07. The number of hydrogen-bond donors (Lipinski definition) is 4. The van der Waals surface area contributed by atoms with Gasteiger partial charge in [-0.25, -0.2) is 10.9 Å². The van der Waals surface area contributed by atoms with E-state index in [1.165, 1.54) is 0 Å². The first kappa shape index (κ1) is 36.5. The van der Waals surface area contributed by atoms with Gasteiger partial charge in [0.25, 0.3) is 11.8 Å². The molecule has 10 nitrogen and oxygen atoms in total.